The quantitative estimate of drug-likeness (QED) is 0.129. The fraction of sp³-hybridized carbons (Fsp3) is 0.444. The Morgan fingerprint density at radius 1 is 1.00 bits per heavy atom. The predicted octanol–water partition coefficient (Wildman–Crippen LogP) is 5.52. The number of aliphatic hydroxyl groups is 1. The average molecular weight is 673 g/mol. The summed E-state index contributed by atoms with van der Waals surface area (Å²) in [6, 6.07) is 22.5. The fourth-order valence-electron chi connectivity index (χ4n) is 6.44. The summed E-state index contributed by atoms with van der Waals surface area (Å²) < 4.78 is 35.5. The van der Waals surface area contributed by atoms with Crippen molar-refractivity contribution in [1.29, 1.82) is 0 Å². The summed E-state index contributed by atoms with van der Waals surface area (Å²) in [5.41, 5.74) is 13.5. The number of alkyl carbamates (subject to hydrolysis) is 1. The van der Waals surface area contributed by atoms with Crippen molar-refractivity contribution < 1.29 is 43.1 Å². The van der Waals surface area contributed by atoms with Gasteiger partial charge in [0.1, 0.15) is 30.5 Å². The molecule has 258 valence electrons. The van der Waals surface area contributed by atoms with E-state index >= 15 is 0 Å². The van der Waals surface area contributed by atoms with Crippen molar-refractivity contribution in [2.75, 3.05) is 13.2 Å². The molecule has 3 aromatic carbocycles. The first-order chi connectivity index (χ1) is 23.5. The molecule has 0 saturated carbocycles. The lowest BCUT2D eigenvalue weighted by Crippen LogP contribution is -2.63. The second kappa shape index (κ2) is 14.6. The Morgan fingerprint density at radius 3 is 2.27 bits per heavy atom. The molecule has 1 unspecified atom stereocenters. The van der Waals surface area contributed by atoms with Gasteiger partial charge >= 0.3 is 12.1 Å². The van der Waals surface area contributed by atoms with Crippen molar-refractivity contribution >= 4 is 12.1 Å². The van der Waals surface area contributed by atoms with E-state index in [9.17, 15) is 20.2 Å². The van der Waals surface area contributed by atoms with Crippen molar-refractivity contribution in [2.45, 2.75) is 88.3 Å². The van der Waals surface area contributed by atoms with Crippen molar-refractivity contribution in [2.24, 2.45) is 5.11 Å². The molecule has 3 aromatic rings. The summed E-state index contributed by atoms with van der Waals surface area (Å²) >= 11 is 0. The third-order valence-corrected chi connectivity index (χ3v) is 8.69. The van der Waals surface area contributed by atoms with Crippen LogP contribution in [-0.4, -0.2) is 78.8 Å². The zero-order chi connectivity index (χ0) is 34.7. The number of carbonyl (C=O) groups excluding carboxylic acids is 2. The minimum atomic E-state index is -1.36. The van der Waals surface area contributed by atoms with Crippen molar-refractivity contribution in [3.63, 3.8) is 0 Å². The third-order valence-electron chi connectivity index (χ3n) is 8.69. The van der Waals surface area contributed by atoms with Crippen LogP contribution in [0.2, 0.25) is 0 Å². The molecule has 13 heteroatoms. The highest BCUT2D eigenvalue weighted by Crippen LogP contribution is 2.44. The van der Waals surface area contributed by atoms with Gasteiger partial charge in [-0.1, -0.05) is 84.0 Å². The lowest BCUT2D eigenvalue weighted by Gasteiger charge is -2.47. The molecule has 0 spiro atoms. The molecule has 13 nitrogen and oxygen atoms in total. The van der Waals surface area contributed by atoms with Crippen LogP contribution in [0.25, 0.3) is 21.6 Å². The number of nitrogens with one attached hydrogen (secondary N) is 1. The summed E-state index contributed by atoms with van der Waals surface area (Å²) in [6.07, 6.45) is -7.05. The number of aliphatic hydroxyl groups excluding tert-OH is 1. The lowest BCUT2D eigenvalue weighted by molar-refractivity contribution is -0.346. The molecule has 49 heavy (non-hydrogen) atoms. The van der Waals surface area contributed by atoms with Gasteiger partial charge in [-0.15, -0.1) is 0 Å². The van der Waals surface area contributed by atoms with Gasteiger partial charge in [-0.3, -0.25) is 0 Å². The molecule has 6 rings (SSSR count). The second-order valence-corrected chi connectivity index (χ2v) is 13.2. The number of hydrogen-bond donors (Lipinski definition) is 2. The average Bonchev–Trinajstić information content (AvgIpc) is 3.41. The number of ether oxygens (including phenoxy) is 6. The summed E-state index contributed by atoms with van der Waals surface area (Å²) in [4.78, 5) is 29.6. The van der Waals surface area contributed by atoms with Crippen molar-refractivity contribution in [1.82, 2.24) is 5.32 Å². The largest absolute Gasteiger partial charge is 0.458 e. The Morgan fingerprint density at radius 2 is 1.63 bits per heavy atom. The molecular weight excluding hydrogens is 632 g/mol. The predicted molar refractivity (Wildman–Crippen MR) is 176 cm³/mol. The molecule has 2 fully saturated rings. The number of esters is 1. The number of fused-ring (bicyclic) bond motifs is 4. The molecule has 0 aromatic heterocycles. The molecule has 1 aliphatic carbocycles. The van der Waals surface area contributed by atoms with Gasteiger partial charge in [0.25, 0.3) is 0 Å². The van der Waals surface area contributed by atoms with Gasteiger partial charge in [-0.05, 0) is 55.5 Å². The molecule has 2 heterocycles. The zero-order valence-corrected chi connectivity index (χ0v) is 27.7. The Bertz CT molecular complexity index is 1650. The first kappa shape index (κ1) is 34.4. The SMILES string of the molecule is C[C@@H](O[C@H]1O[C@@H]2COC(c3ccccc3)O[C@@H]2[C@H](O)[C@H]1N=[N+]=[N-])[C@H](NC(=O)OCC1c2ccccc2-c2ccccc21)C(=O)OC(C)(C)C. The molecular formula is C36H40N4O9. The highest BCUT2D eigenvalue weighted by Gasteiger charge is 2.50. The van der Waals surface area contributed by atoms with Gasteiger partial charge in [0, 0.05) is 16.4 Å². The van der Waals surface area contributed by atoms with Gasteiger partial charge in [0.2, 0.25) is 0 Å². The summed E-state index contributed by atoms with van der Waals surface area (Å²) in [6.45, 7) is 6.71. The molecule has 2 aliphatic heterocycles. The van der Waals surface area contributed by atoms with Crippen LogP contribution < -0.4 is 5.32 Å². The lowest BCUT2D eigenvalue weighted by atomic mass is 9.96. The molecule has 8 atom stereocenters. The standard InChI is InChI=1S/C36H40N4O9/c1-20(46-34-29(39-40-37)30(41)31-27(47-34)19-44-33(48-31)21-12-6-5-7-13-21)28(32(42)49-36(2,3)4)38-35(43)45-18-26-24-16-10-8-14-22(24)23-15-9-11-17-25(23)26/h5-17,20,26-31,33-34,41H,18-19H2,1-4H3,(H,38,43)/t20-,27-,28+,29-,30-,31+,33?,34+/m1/s1. The van der Waals surface area contributed by atoms with Crippen molar-refractivity contribution in [3.05, 3.63) is 106 Å². The summed E-state index contributed by atoms with van der Waals surface area (Å²) in [7, 11) is 0. The minimum absolute atomic E-state index is 0.0278. The van der Waals surface area contributed by atoms with E-state index in [1.165, 1.54) is 6.92 Å². The van der Waals surface area contributed by atoms with Crippen LogP contribution in [0.3, 0.4) is 0 Å². The van der Waals surface area contributed by atoms with E-state index in [1.54, 1.807) is 20.8 Å². The van der Waals surface area contributed by atoms with Crippen LogP contribution in [-0.2, 0) is 33.2 Å². The van der Waals surface area contributed by atoms with E-state index in [4.69, 9.17) is 28.4 Å². The van der Waals surface area contributed by atoms with E-state index in [0.717, 1.165) is 27.8 Å². The monoisotopic (exact) mass is 672 g/mol. The second-order valence-electron chi connectivity index (χ2n) is 13.2. The Labute approximate surface area is 284 Å². The first-order valence-corrected chi connectivity index (χ1v) is 16.2. The number of rotatable bonds is 9. The first-order valence-electron chi connectivity index (χ1n) is 16.2. The van der Waals surface area contributed by atoms with E-state index < -0.39 is 66.7 Å². The van der Waals surface area contributed by atoms with E-state index in [1.807, 2.05) is 78.9 Å². The number of nitrogens with zero attached hydrogens (tertiary/aromatic N) is 3. The molecule has 3 aliphatic rings. The Hall–Kier alpha value is -4.49. The number of benzene rings is 3. The summed E-state index contributed by atoms with van der Waals surface area (Å²) in [5.74, 6) is -0.971. The molecule has 0 radical (unpaired) electrons. The normalized spacial score (nSPS) is 25.8. The van der Waals surface area contributed by atoms with E-state index in [0.29, 0.717) is 0 Å². The number of carbonyl (C=O) groups is 2. The smallest absolute Gasteiger partial charge is 0.407 e. The maximum Gasteiger partial charge on any atom is 0.407 e. The Kier molecular flexibility index (Phi) is 10.2. The van der Waals surface area contributed by atoms with Crippen LogP contribution in [0.4, 0.5) is 4.79 Å². The maximum absolute atomic E-state index is 13.5. The highest BCUT2D eigenvalue weighted by molar-refractivity contribution is 5.82. The molecule has 2 saturated heterocycles. The van der Waals surface area contributed by atoms with Crippen LogP contribution in [0.15, 0.2) is 84.0 Å². The van der Waals surface area contributed by atoms with Crippen LogP contribution >= 0.6 is 0 Å². The Balaban J connectivity index is 1.15. The molecule has 2 N–H and O–H groups in total. The zero-order valence-electron chi connectivity index (χ0n) is 27.7. The highest BCUT2D eigenvalue weighted by atomic mass is 16.7. The van der Waals surface area contributed by atoms with Crippen LogP contribution in [0.5, 0.6) is 0 Å². The van der Waals surface area contributed by atoms with Gasteiger partial charge in [0.15, 0.2) is 18.6 Å². The van der Waals surface area contributed by atoms with Gasteiger partial charge in [0.05, 0.1) is 18.8 Å². The van der Waals surface area contributed by atoms with E-state index in [-0.39, 0.29) is 19.1 Å². The molecule has 0 bridgehead atoms. The van der Waals surface area contributed by atoms with E-state index in [2.05, 4.69) is 15.3 Å². The summed E-state index contributed by atoms with van der Waals surface area (Å²) in [5, 5.41) is 17.7. The number of hydrogen-bond acceptors (Lipinski definition) is 10. The van der Waals surface area contributed by atoms with Gasteiger partial charge in [-0.2, -0.15) is 0 Å². The minimum Gasteiger partial charge on any atom is -0.458 e. The number of amides is 1. The molecule has 1 amide bonds. The maximum atomic E-state index is 13.5. The fourth-order valence-corrected chi connectivity index (χ4v) is 6.44. The topological polar surface area (TPSA) is 171 Å². The van der Waals surface area contributed by atoms with Crippen molar-refractivity contribution in [3.8, 4) is 11.1 Å². The van der Waals surface area contributed by atoms with Crippen LogP contribution in [0.1, 0.15) is 56.6 Å². The van der Waals surface area contributed by atoms with Gasteiger partial charge in [-0.25, -0.2) is 9.59 Å². The number of azide groups is 1. The van der Waals surface area contributed by atoms with Crippen LogP contribution in [0, 0.1) is 0 Å². The third kappa shape index (κ3) is 7.57. The van der Waals surface area contributed by atoms with Gasteiger partial charge < -0.3 is 38.8 Å².